The van der Waals surface area contributed by atoms with Gasteiger partial charge in [0.2, 0.25) is 0 Å². The molecule has 4 nitrogen and oxygen atoms in total. The van der Waals surface area contributed by atoms with Crippen LogP contribution in [0.5, 0.6) is 0 Å². The molecule has 0 bridgehead atoms. The molecule has 0 aliphatic heterocycles. The number of rotatable bonds is 3. The number of hydrogen-bond acceptors (Lipinski definition) is 4. The van der Waals surface area contributed by atoms with Crippen LogP contribution in [0.15, 0.2) is 5.38 Å². The SMILES string of the molecule is Cc1nc(-c2scc(C3CCCCC3)c2C#N)[se]c1C(=O)O. The summed E-state index contributed by atoms with van der Waals surface area (Å²) in [6.45, 7) is 1.74. The minimum atomic E-state index is -0.890. The first-order valence-electron chi connectivity index (χ1n) is 7.34. The van der Waals surface area contributed by atoms with Crippen LogP contribution in [0.2, 0.25) is 0 Å². The Kier molecular flexibility index (Phi) is 4.49. The first-order chi connectivity index (χ1) is 10.6. The second kappa shape index (κ2) is 6.37. The third-order valence-electron chi connectivity index (χ3n) is 4.16. The third-order valence-corrected chi connectivity index (χ3v) is 7.90. The zero-order valence-electron chi connectivity index (χ0n) is 12.3. The standard InChI is InChI=1S/C16H16N2O2SSe/c1-9-14(16(19)20)22-15(18-9)13-11(7-17)12(8-21-13)10-5-3-2-4-6-10/h8,10H,2-6H2,1H3,(H,19,20). The average molecular weight is 379 g/mol. The summed E-state index contributed by atoms with van der Waals surface area (Å²) in [5.41, 5.74) is 2.47. The fourth-order valence-electron chi connectivity index (χ4n) is 3.05. The molecule has 114 valence electrons. The van der Waals surface area contributed by atoms with Crippen molar-refractivity contribution < 1.29 is 9.90 Å². The van der Waals surface area contributed by atoms with Crippen molar-refractivity contribution >= 4 is 31.8 Å². The molecule has 0 radical (unpaired) electrons. The molecule has 22 heavy (non-hydrogen) atoms. The summed E-state index contributed by atoms with van der Waals surface area (Å²) in [5, 5.41) is 20.9. The number of hydrogen-bond donors (Lipinski definition) is 1. The monoisotopic (exact) mass is 380 g/mol. The molecule has 1 saturated carbocycles. The predicted molar refractivity (Wildman–Crippen MR) is 86.7 cm³/mol. The van der Waals surface area contributed by atoms with Crippen LogP contribution in [0, 0.1) is 18.3 Å². The van der Waals surface area contributed by atoms with Gasteiger partial charge in [-0.05, 0) is 0 Å². The van der Waals surface area contributed by atoms with Gasteiger partial charge in [-0.2, -0.15) is 0 Å². The molecule has 6 heteroatoms. The molecule has 0 saturated heterocycles. The molecule has 2 aromatic heterocycles. The zero-order valence-corrected chi connectivity index (χ0v) is 14.8. The van der Waals surface area contributed by atoms with Crippen molar-refractivity contribution in [2.45, 2.75) is 44.9 Å². The van der Waals surface area contributed by atoms with Crippen LogP contribution >= 0.6 is 11.3 Å². The number of aromatic nitrogens is 1. The van der Waals surface area contributed by atoms with E-state index >= 15 is 0 Å². The van der Waals surface area contributed by atoms with Gasteiger partial charge in [0.25, 0.3) is 0 Å². The number of aryl methyl sites for hydroxylation is 1. The van der Waals surface area contributed by atoms with Gasteiger partial charge in [0, 0.05) is 0 Å². The Morgan fingerprint density at radius 2 is 2.18 bits per heavy atom. The number of carboxylic acid groups (broad SMARTS) is 1. The van der Waals surface area contributed by atoms with Crippen molar-refractivity contribution in [3.63, 3.8) is 0 Å². The van der Waals surface area contributed by atoms with E-state index in [-0.39, 0.29) is 14.5 Å². The number of thiophene rings is 1. The van der Waals surface area contributed by atoms with Crippen molar-refractivity contribution in [1.82, 2.24) is 4.98 Å². The van der Waals surface area contributed by atoms with E-state index in [1.165, 1.54) is 19.3 Å². The molecule has 1 aliphatic rings. The Morgan fingerprint density at radius 1 is 1.45 bits per heavy atom. The average Bonchev–Trinajstić information content (AvgIpc) is 3.11. The van der Waals surface area contributed by atoms with Crippen molar-refractivity contribution in [1.29, 1.82) is 5.26 Å². The quantitative estimate of drug-likeness (QED) is 0.824. The van der Waals surface area contributed by atoms with Gasteiger partial charge in [-0.1, -0.05) is 0 Å². The summed E-state index contributed by atoms with van der Waals surface area (Å²) in [6, 6.07) is 2.35. The van der Waals surface area contributed by atoms with Crippen molar-refractivity contribution in [2.75, 3.05) is 0 Å². The van der Waals surface area contributed by atoms with Gasteiger partial charge in [-0.15, -0.1) is 0 Å². The molecule has 0 spiro atoms. The van der Waals surface area contributed by atoms with E-state index < -0.39 is 5.97 Å². The molecule has 0 unspecified atom stereocenters. The third kappa shape index (κ3) is 2.77. The summed E-state index contributed by atoms with van der Waals surface area (Å²) in [4.78, 5) is 16.5. The fourth-order valence-corrected chi connectivity index (χ4v) is 6.34. The molecule has 1 fully saturated rings. The van der Waals surface area contributed by atoms with E-state index in [2.05, 4.69) is 16.4 Å². The van der Waals surface area contributed by atoms with E-state index in [1.807, 2.05) is 0 Å². The Balaban J connectivity index is 2.01. The van der Waals surface area contributed by atoms with E-state index in [9.17, 15) is 15.2 Å². The molecule has 0 aromatic carbocycles. The molecule has 1 N–H and O–H groups in total. The number of nitriles is 1. The van der Waals surface area contributed by atoms with Gasteiger partial charge in [0.05, 0.1) is 0 Å². The molecule has 3 rings (SSSR count). The second-order valence-corrected chi connectivity index (χ2v) is 8.56. The van der Waals surface area contributed by atoms with Gasteiger partial charge in [-0.25, -0.2) is 0 Å². The molecule has 2 aromatic rings. The number of aromatic carboxylic acids is 1. The van der Waals surface area contributed by atoms with Gasteiger partial charge < -0.3 is 0 Å². The zero-order chi connectivity index (χ0) is 15.7. The number of carboxylic acids is 1. The number of carbonyl (C=O) groups is 1. The van der Waals surface area contributed by atoms with Gasteiger partial charge in [0.15, 0.2) is 0 Å². The molecular weight excluding hydrogens is 363 g/mol. The minimum absolute atomic E-state index is 0.309. The van der Waals surface area contributed by atoms with Crippen LogP contribution in [0.1, 0.15) is 64.1 Å². The maximum atomic E-state index is 11.2. The summed E-state index contributed by atoms with van der Waals surface area (Å²) < 4.78 is 1.20. The normalized spacial score (nSPS) is 15.6. The first-order valence-corrected chi connectivity index (χ1v) is 9.93. The number of nitrogens with zero attached hydrogens (tertiary/aromatic N) is 2. The van der Waals surface area contributed by atoms with Crippen molar-refractivity contribution in [3.05, 3.63) is 26.6 Å². The molecular formula is C16H16N2O2SSe. The summed E-state index contributed by atoms with van der Waals surface area (Å²) in [5.74, 6) is -0.408. The molecule has 0 atom stereocenters. The second-order valence-electron chi connectivity index (χ2n) is 5.58. The van der Waals surface area contributed by atoms with Crippen molar-refractivity contribution in [3.8, 4) is 15.5 Å². The van der Waals surface area contributed by atoms with E-state index in [1.54, 1.807) is 18.3 Å². The van der Waals surface area contributed by atoms with Gasteiger partial charge in [0.1, 0.15) is 0 Å². The van der Waals surface area contributed by atoms with E-state index in [4.69, 9.17) is 0 Å². The maximum absolute atomic E-state index is 11.2. The Bertz CT molecular complexity index is 751. The molecule has 1 aliphatic carbocycles. The fraction of sp³-hybridized carbons (Fsp3) is 0.438. The van der Waals surface area contributed by atoms with Crippen LogP contribution in [0.4, 0.5) is 0 Å². The topological polar surface area (TPSA) is 74.0 Å². The van der Waals surface area contributed by atoms with Crippen molar-refractivity contribution in [2.24, 2.45) is 0 Å². The van der Waals surface area contributed by atoms with Gasteiger partial charge >= 0.3 is 139 Å². The molecule has 0 amide bonds. The van der Waals surface area contributed by atoms with Crippen LogP contribution < -0.4 is 0 Å². The Hall–Kier alpha value is -1.41. The van der Waals surface area contributed by atoms with Gasteiger partial charge in [-0.3, -0.25) is 0 Å². The van der Waals surface area contributed by atoms with Crippen LogP contribution in [-0.2, 0) is 0 Å². The van der Waals surface area contributed by atoms with Crippen LogP contribution in [-0.4, -0.2) is 30.6 Å². The summed E-state index contributed by atoms with van der Waals surface area (Å²) in [6.07, 6.45) is 6.06. The van der Waals surface area contributed by atoms with E-state index in [0.29, 0.717) is 16.0 Å². The Labute approximate surface area is 139 Å². The van der Waals surface area contributed by atoms with E-state index in [0.717, 1.165) is 33.4 Å². The Morgan fingerprint density at radius 3 is 2.77 bits per heavy atom. The van der Waals surface area contributed by atoms with Crippen LogP contribution in [0.3, 0.4) is 0 Å². The summed E-state index contributed by atoms with van der Waals surface area (Å²) >= 11 is 1.24. The van der Waals surface area contributed by atoms with Crippen LogP contribution in [0.25, 0.3) is 9.44 Å². The summed E-state index contributed by atoms with van der Waals surface area (Å²) in [7, 11) is 0. The molecule has 2 heterocycles. The first kappa shape index (κ1) is 15.5. The predicted octanol–water partition coefficient (Wildman–Crippen LogP) is 3.79.